The highest BCUT2D eigenvalue weighted by Gasteiger charge is 2.42. The lowest BCUT2D eigenvalue weighted by molar-refractivity contribution is -0.129. The van der Waals surface area contributed by atoms with Gasteiger partial charge in [0.25, 0.3) is 5.91 Å². The Morgan fingerprint density at radius 2 is 1.79 bits per heavy atom. The quantitative estimate of drug-likeness (QED) is 0.721. The molecular formula is C15H28N2O2. The summed E-state index contributed by atoms with van der Waals surface area (Å²) >= 11 is 0. The second kappa shape index (κ2) is 6.92. The molecule has 4 nitrogen and oxygen atoms in total. The topological polar surface area (TPSA) is 49.4 Å². The first-order valence-electron chi connectivity index (χ1n) is 7.52. The molecule has 0 spiro atoms. The van der Waals surface area contributed by atoms with Crippen LogP contribution in [0.1, 0.15) is 60.3 Å². The molecule has 3 atom stereocenters. The van der Waals surface area contributed by atoms with Gasteiger partial charge in [0.1, 0.15) is 6.04 Å². The number of hydrogen-bond acceptors (Lipinski definition) is 2. The number of nitrogens with one attached hydrogen (secondary N) is 1. The first-order chi connectivity index (χ1) is 8.88. The Bertz CT molecular complexity index is 328. The van der Waals surface area contributed by atoms with Crippen molar-refractivity contribution in [3.8, 4) is 0 Å². The maximum atomic E-state index is 12.3. The average Bonchev–Trinajstić information content (AvgIpc) is 2.63. The number of urea groups is 1. The van der Waals surface area contributed by atoms with Crippen molar-refractivity contribution in [3.63, 3.8) is 0 Å². The molecule has 3 amide bonds. The van der Waals surface area contributed by atoms with Crippen molar-refractivity contribution < 1.29 is 9.59 Å². The fraction of sp³-hybridized carbons (Fsp3) is 0.867. The predicted octanol–water partition coefficient (Wildman–Crippen LogP) is 3.17. The van der Waals surface area contributed by atoms with Gasteiger partial charge in [-0.25, -0.2) is 4.79 Å². The minimum Gasteiger partial charge on any atom is -0.326 e. The maximum absolute atomic E-state index is 12.3. The summed E-state index contributed by atoms with van der Waals surface area (Å²) in [5.41, 5.74) is 0. The van der Waals surface area contributed by atoms with Crippen molar-refractivity contribution in [2.75, 3.05) is 0 Å². The fourth-order valence-corrected chi connectivity index (χ4v) is 2.50. The molecule has 0 aromatic rings. The lowest BCUT2D eigenvalue weighted by Gasteiger charge is -2.22. The molecular weight excluding hydrogens is 240 g/mol. The largest absolute Gasteiger partial charge is 0.326 e. The molecule has 1 aliphatic rings. The highest BCUT2D eigenvalue weighted by atomic mass is 16.2. The van der Waals surface area contributed by atoms with Crippen molar-refractivity contribution in [2.45, 2.75) is 72.4 Å². The monoisotopic (exact) mass is 268 g/mol. The zero-order chi connectivity index (χ0) is 14.6. The van der Waals surface area contributed by atoms with E-state index >= 15 is 0 Å². The Morgan fingerprint density at radius 1 is 1.16 bits per heavy atom. The number of carbonyl (C=O) groups is 2. The van der Waals surface area contributed by atoms with Gasteiger partial charge >= 0.3 is 6.03 Å². The molecule has 1 N–H and O–H groups in total. The van der Waals surface area contributed by atoms with Gasteiger partial charge in [-0.1, -0.05) is 47.0 Å². The highest BCUT2D eigenvalue weighted by Crippen LogP contribution is 2.21. The van der Waals surface area contributed by atoms with E-state index in [1.54, 1.807) is 0 Å². The van der Waals surface area contributed by atoms with Crippen LogP contribution in [0.2, 0.25) is 0 Å². The molecule has 1 saturated heterocycles. The van der Waals surface area contributed by atoms with Gasteiger partial charge in [0, 0.05) is 6.04 Å². The van der Waals surface area contributed by atoms with E-state index in [0.29, 0.717) is 5.92 Å². The van der Waals surface area contributed by atoms with Crippen molar-refractivity contribution >= 4 is 11.9 Å². The molecule has 1 rings (SSSR count). The van der Waals surface area contributed by atoms with Crippen LogP contribution in [0, 0.1) is 11.8 Å². The fourth-order valence-electron chi connectivity index (χ4n) is 2.50. The molecule has 0 unspecified atom stereocenters. The standard InChI is InChI=1S/C15H28N2O2/c1-6-11(4)13-14(18)17(15(19)16-13)12(5)9-7-8-10(2)3/h10-13H,6-9H2,1-5H3,(H,16,19)/t11-,12+,13-/m0/s1. The maximum Gasteiger partial charge on any atom is 0.325 e. The summed E-state index contributed by atoms with van der Waals surface area (Å²) in [6.45, 7) is 10.4. The predicted molar refractivity (Wildman–Crippen MR) is 76.8 cm³/mol. The molecule has 0 aliphatic carbocycles. The van der Waals surface area contributed by atoms with Crippen molar-refractivity contribution in [2.24, 2.45) is 11.8 Å². The molecule has 0 aromatic heterocycles. The summed E-state index contributed by atoms with van der Waals surface area (Å²) < 4.78 is 0. The second-order valence-corrected chi connectivity index (χ2v) is 6.19. The third-order valence-electron chi connectivity index (χ3n) is 4.06. The van der Waals surface area contributed by atoms with E-state index in [0.717, 1.165) is 25.7 Å². The van der Waals surface area contributed by atoms with Gasteiger partial charge in [-0.05, 0) is 25.2 Å². The van der Waals surface area contributed by atoms with Crippen molar-refractivity contribution in [1.29, 1.82) is 0 Å². The first kappa shape index (κ1) is 16.0. The Balaban J connectivity index is 2.57. The highest BCUT2D eigenvalue weighted by molar-refractivity contribution is 6.04. The summed E-state index contributed by atoms with van der Waals surface area (Å²) in [5.74, 6) is 0.823. The van der Waals surface area contributed by atoms with E-state index in [9.17, 15) is 9.59 Å². The normalized spacial score (nSPS) is 22.8. The third kappa shape index (κ3) is 3.95. The van der Waals surface area contributed by atoms with Crippen LogP contribution in [0.15, 0.2) is 0 Å². The van der Waals surface area contributed by atoms with Crippen LogP contribution < -0.4 is 5.32 Å². The molecule has 0 aromatic carbocycles. The number of amides is 3. The number of nitrogens with zero attached hydrogens (tertiary/aromatic N) is 1. The summed E-state index contributed by atoms with van der Waals surface area (Å²) in [6, 6.07) is -0.544. The van der Waals surface area contributed by atoms with Crippen LogP contribution in [-0.2, 0) is 4.79 Å². The lowest BCUT2D eigenvalue weighted by Crippen LogP contribution is -2.40. The van der Waals surface area contributed by atoms with E-state index < -0.39 is 0 Å². The minimum atomic E-state index is -0.329. The van der Waals surface area contributed by atoms with Gasteiger partial charge in [0.2, 0.25) is 0 Å². The Morgan fingerprint density at radius 3 is 2.32 bits per heavy atom. The molecule has 0 saturated carbocycles. The smallest absolute Gasteiger partial charge is 0.325 e. The Hall–Kier alpha value is -1.06. The average molecular weight is 268 g/mol. The van der Waals surface area contributed by atoms with Gasteiger partial charge in [0.15, 0.2) is 0 Å². The molecule has 0 radical (unpaired) electrons. The van der Waals surface area contributed by atoms with E-state index in [1.807, 2.05) is 20.8 Å². The van der Waals surface area contributed by atoms with Gasteiger partial charge in [-0.2, -0.15) is 0 Å². The molecule has 110 valence electrons. The third-order valence-corrected chi connectivity index (χ3v) is 4.06. The van der Waals surface area contributed by atoms with Crippen molar-refractivity contribution in [3.05, 3.63) is 0 Å². The van der Waals surface area contributed by atoms with Gasteiger partial charge < -0.3 is 5.32 Å². The molecule has 1 heterocycles. The van der Waals surface area contributed by atoms with E-state index in [-0.39, 0.29) is 29.9 Å². The lowest BCUT2D eigenvalue weighted by atomic mass is 9.98. The molecule has 4 heteroatoms. The Kier molecular flexibility index (Phi) is 5.83. The summed E-state index contributed by atoms with van der Waals surface area (Å²) in [6.07, 6.45) is 3.99. The number of carbonyl (C=O) groups excluding carboxylic acids is 2. The number of rotatable bonds is 7. The van der Waals surface area contributed by atoms with Crippen LogP contribution >= 0.6 is 0 Å². The SMILES string of the molecule is CC[C@H](C)[C@@H]1NC(=O)N([C@H](C)CCCC(C)C)C1=O. The molecule has 0 bridgehead atoms. The van der Waals surface area contributed by atoms with Crippen LogP contribution in [0.25, 0.3) is 0 Å². The van der Waals surface area contributed by atoms with Crippen LogP contribution in [0.5, 0.6) is 0 Å². The summed E-state index contributed by atoms with van der Waals surface area (Å²) in [5, 5.41) is 2.82. The van der Waals surface area contributed by atoms with Crippen LogP contribution in [-0.4, -0.2) is 28.9 Å². The number of imide groups is 1. The Labute approximate surface area is 116 Å². The van der Waals surface area contributed by atoms with Gasteiger partial charge in [0.05, 0.1) is 0 Å². The summed E-state index contributed by atoms with van der Waals surface area (Å²) in [4.78, 5) is 25.7. The molecule has 1 fully saturated rings. The van der Waals surface area contributed by atoms with Crippen LogP contribution in [0.3, 0.4) is 0 Å². The molecule has 19 heavy (non-hydrogen) atoms. The van der Waals surface area contributed by atoms with E-state index in [1.165, 1.54) is 4.90 Å². The van der Waals surface area contributed by atoms with Gasteiger partial charge in [-0.3, -0.25) is 9.69 Å². The zero-order valence-corrected chi connectivity index (χ0v) is 12.9. The second-order valence-electron chi connectivity index (χ2n) is 6.19. The van der Waals surface area contributed by atoms with E-state index in [2.05, 4.69) is 19.2 Å². The molecule has 1 aliphatic heterocycles. The first-order valence-corrected chi connectivity index (χ1v) is 7.52. The zero-order valence-electron chi connectivity index (χ0n) is 12.9. The number of hydrogen-bond donors (Lipinski definition) is 1. The van der Waals surface area contributed by atoms with Crippen molar-refractivity contribution in [1.82, 2.24) is 10.2 Å². The van der Waals surface area contributed by atoms with E-state index in [4.69, 9.17) is 0 Å². The minimum absolute atomic E-state index is 0.000283. The van der Waals surface area contributed by atoms with Crippen LogP contribution in [0.4, 0.5) is 4.79 Å². The van der Waals surface area contributed by atoms with Gasteiger partial charge in [-0.15, -0.1) is 0 Å². The summed E-state index contributed by atoms with van der Waals surface area (Å²) in [7, 11) is 0.